The average Bonchev–Trinajstić information content (AvgIpc) is 3.85. The van der Waals surface area contributed by atoms with Crippen LogP contribution in [0.25, 0.3) is 40.3 Å². The molecule has 2 aliphatic carbocycles. The fourth-order valence-corrected chi connectivity index (χ4v) is 11.9. The number of aromatic nitrogens is 9. The highest BCUT2D eigenvalue weighted by atomic mass is 32.2. The Morgan fingerprint density at radius 2 is 1.24 bits per heavy atom. The van der Waals surface area contributed by atoms with Crippen LogP contribution in [-0.4, -0.2) is 82.7 Å². The second-order valence-electron chi connectivity index (χ2n) is 18.2. The lowest BCUT2D eigenvalue weighted by Gasteiger charge is -2.17. The number of nitrogens with one attached hydrogen (secondary N) is 3. The number of carbonyl (C=O) groups excluding carboxylic acids is 4. The van der Waals surface area contributed by atoms with Gasteiger partial charge in [0.25, 0.3) is 0 Å². The maximum Gasteiger partial charge on any atom is 0.241 e. The number of ether oxygens (including phenoxy) is 1. The number of para-hydroxylation sites is 1. The Morgan fingerprint density at radius 1 is 0.640 bits per heavy atom. The van der Waals surface area contributed by atoms with Crippen molar-refractivity contribution in [2.24, 2.45) is 0 Å². The molecule has 8 aromatic rings. The lowest BCUT2D eigenvalue weighted by atomic mass is 10.1. The monoisotopic (exact) mass is 1060 g/mol. The summed E-state index contributed by atoms with van der Waals surface area (Å²) >= 11 is 3.99. The van der Waals surface area contributed by atoms with Gasteiger partial charge in [0.05, 0.1) is 11.5 Å². The highest BCUT2D eigenvalue weighted by molar-refractivity contribution is 8.02. The zero-order valence-electron chi connectivity index (χ0n) is 41.2. The predicted molar refractivity (Wildman–Crippen MR) is 285 cm³/mol. The first-order valence-corrected chi connectivity index (χ1v) is 27.0. The first-order chi connectivity index (χ1) is 36.4. The average molecular weight is 1060 g/mol. The zero-order valence-corrected chi connectivity index (χ0v) is 43.6. The molecule has 3 N–H and O–H groups in total. The molecular formula is C53H50N12O7S3. The third-order valence-electron chi connectivity index (χ3n) is 13.0. The van der Waals surface area contributed by atoms with Crippen LogP contribution in [0.4, 0.5) is 17.1 Å². The molecule has 3 aromatic carbocycles. The van der Waals surface area contributed by atoms with E-state index in [9.17, 15) is 19.2 Å². The Labute approximate surface area is 443 Å². The highest BCUT2D eigenvalue weighted by Gasteiger charge is 2.53. The molecule has 75 heavy (non-hydrogen) atoms. The Balaban J connectivity index is 0.670. The molecule has 19 nitrogen and oxygen atoms in total. The summed E-state index contributed by atoms with van der Waals surface area (Å²) in [4.78, 5) is 53.0. The van der Waals surface area contributed by atoms with Gasteiger partial charge in [0, 0.05) is 54.6 Å². The molecule has 0 saturated heterocycles. The van der Waals surface area contributed by atoms with E-state index in [0.717, 1.165) is 35.4 Å². The van der Waals surface area contributed by atoms with Gasteiger partial charge in [0.15, 0.2) is 38.9 Å². The van der Waals surface area contributed by atoms with Gasteiger partial charge in [-0.3, -0.25) is 23.7 Å². The second kappa shape index (κ2) is 20.6. The SMILES string of the molecule is CCn1c(SC(C)C(=O)Nc2ccc(C3=CCC(c4nnc(SC5(C(=O)Nc6ccccc6)CC5)n4CC)O3)cc2)nnc1-c1ccc(-c2ccc(NC(=O)C3(Sc4nnc(-c5ccco5)n4C(C)=O)CC3)cc2)o1. The van der Waals surface area contributed by atoms with E-state index in [4.69, 9.17) is 13.6 Å². The van der Waals surface area contributed by atoms with Crippen LogP contribution >= 0.6 is 35.3 Å². The molecule has 1 aliphatic heterocycles. The molecule has 382 valence electrons. The summed E-state index contributed by atoms with van der Waals surface area (Å²) in [5.74, 6) is 3.07. The summed E-state index contributed by atoms with van der Waals surface area (Å²) in [7, 11) is 0. The molecule has 2 fully saturated rings. The zero-order chi connectivity index (χ0) is 51.8. The smallest absolute Gasteiger partial charge is 0.241 e. The van der Waals surface area contributed by atoms with Gasteiger partial charge in [-0.05, 0) is 137 Å². The van der Waals surface area contributed by atoms with Crippen molar-refractivity contribution in [3.05, 3.63) is 127 Å². The highest BCUT2D eigenvalue weighted by Crippen LogP contribution is 2.53. The first-order valence-electron chi connectivity index (χ1n) is 24.5. The van der Waals surface area contributed by atoms with Crippen molar-refractivity contribution in [2.75, 3.05) is 16.0 Å². The van der Waals surface area contributed by atoms with E-state index in [1.807, 2.05) is 127 Å². The number of nitrogens with zero attached hydrogens (tertiary/aromatic N) is 9. The topological polar surface area (TPSA) is 232 Å². The van der Waals surface area contributed by atoms with Crippen LogP contribution in [0.1, 0.15) is 82.1 Å². The van der Waals surface area contributed by atoms with E-state index in [-0.39, 0.29) is 35.6 Å². The predicted octanol–water partition coefficient (Wildman–Crippen LogP) is 10.5. The number of thioether (sulfide) groups is 3. The molecule has 11 rings (SSSR count). The molecule has 0 spiro atoms. The van der Waals surface area contributed by atoms with E-state index in [1.54, 1.807) is 12.1 Å². The molecule has 22 heteroatoms. The van der Waals surface area contributed by atoms with Gasteiger partial charge in [-0.15, -0.1) is 30.6 Å². The van der Waals surface area contributed by atoms with Crippen molar-refractivity contribution in [3.63, 3.8) is 0 Å². The van der Waals surface area contributed by atoms with E-state index in [0.29, 0.717) is 88.1 Å². The van der Waals surface area contributed by atoms with Crippen molar-refractivity contribution in [1.82, 2.24) is 44.3 Å². The van der Waals surface area contributed by atoms with Crippen molar-refractivity contribution in [1.29, 1.82) is 0 Å². The first kappa shape index (κ1) is 49.5. The summed E-state index contributed by atoms with van der Waals surface area (Å²) in [5.41, 5.74) is 3.67. The van der Waals surface area contributed by atoms with Crippen LogP contribution in [0.2, 0.25) is 0 Å². The van der Waals surface area contributed by atoms with Crippen LogP contribution in [0.5, 0.6) is 0 Å². The summed E-state index contributed by atoms with van der Waals surface area (Å²) in [6, 6.07) is 31.4. The van der Waals surface area contributed by atoms with Crippen molar-refractivity contribution in [2.45, 2.75) is 109 Å². The van der Waals surface area contributed by atoms with Crippen molar-refractivity contribution < 1.29 is 32.7 Å². The minimum Gasteiger partial charge on any atom is -0.482 e. The van der Waals surface area contributed by atoms with E-state index >= 15 is 0 Å². The quantitative estimate of drug-likeness (QED) is 0.0639. The molecule has 0 bridgehead atoms. The summed E-state index contributed by atoms with van der Waals surface area (Å²) < 4.78 is 22.1. The standard InChI is InChI=1S/C53H50N12O7S3/c1-5-63-43(41-24-22-39(71-41)34-16-20-37(21-17-34)56-48(69)53(28-29-53)75-51-62-59-45(65(51)32(4)66)40-13-10-30-70-40)57-60-49(63)73-31(3)46(67)54-36-18-14-33(15-19-36)38-23-25-42(72-38)44-58-61-50(64(44)6-2)74-52(26-27-52)47(68)55-35-11-8-7-9-12-35/h7-24,30-31,42H,5-6,25-29H2,1-4H3,(H,54,67)(H,55,68)(H,56,69). The minimum absolute atomic E-state index is 0.0261. The number of carbonyl (C=O) groups is 4. The molecule has 2 atom stereocenters. The summed E-state index contributed by atoms with van der Waals surface area (Å²) in [5, 5.41) is 36.5. The van der Waals surface area contributed by atoms with Gasteiger partial charge in [0.1, 0.15) is 21.0 Å². The van der Waals surface area contributed by atoms with Crippen molar-refractivity contribution >= 4 is 81.7 Å². The number of hydrogen-bond donors (Lipinski definition) is 3. The molecule has 2 unspecified atom stereocenters. The van der Waals surface area contributed by atoms with Gasteiger partial charge in [0.2, 0.25) is 35.3 Å². The Morgan fingerprint density at radius 3 is 1.88 bits per heavy atom. The summed E-state index contributed by atoms with van der Waals surface area (Å²) in [6.07, 6.45) is 6.59. The molecule has 6 heterocycles. The van der Waals surface area contributed by atoms with Crippen LogP contribution in [0.3, 0.4) is 0 Å². The lowest BCUT2D eigenvalue weighted by Crippen LogP contribution is -2.27. The molecular weight excluding hydrogens is 1010 g/mol. The minimum atomic E-state index is -0.787. The Bertz CT molecular complexity index is 3450. The van der Waals surface area contributed by atoms with E-state index in [1.165, 1.54) is 53.0 Å². The van der Waals surface area contributed by atoms with E-state index < -0.39 is 14.7 Å². The summed E-state index contributed by atoms with van der Waals surface area (Å²) in [6.45, 7) is 8.42. The molecule has 5 aromatic heterocycles. The number of rotatable bonds is 19. The van der Waals surface area contributed by atoms with Crippen molar-refractivity contribution in [3.8, 4) is 34.5 Å². The maximum atomic E-state index is 13.6. The van der Waals surface area contributed by atoms with Gasteiger partial charge in [-0.2, -0.15) is 0 Å². The molecule has 2 saturated carbocycles. The number of furan rings is 2. The van der Waals surface area contributed by atoms with Crippen LogP contribution in [0, 0.1) is 0 Å². The number of anilines is 3. The second-order valence-corrected chi connectivity index (χ2v) is 22.2. The Kier molecular flexibility index (Phi) is 13.6. The van der Waals surface area contributed by atoms with Crippen LogP contribution in [0.15, 0.2) is 140 Å². The number of hydrogen-bond acceptors (Lipinski definition) is 16. The van der Waals surface area contributed by atoms with Crippen LogP contribution < -0.4 is 16.0 Å². The maximum absolute atomic E-state index is 13.6. The number of benzene rings is 3. The third kappa shape index (κ3) is 10.2. The molecule has 3 aliphatic rings. The largest absolute Gasteiger partial charge is 0.482 e. The molecule has 3 amide bonds. The third-order valence-corrected chi connectivity index (χ3v) is 17.0. The van der Waals surface area contributed by atoms with Gasteiger partial charge >= 0.3 is 0 Å². The van der Waals surface area contributed by atoms with Crippen LogP contribution in [-0.2, 0) is 32.2 Å². The van der Waals surface area contributed by atoms with E-state index in [2.05, 4.69) is 46.5 Å². The Hall–Kier alpha value is -7.69. The van der Waals surface area contributed by atoms with Gasteiger partial charge in [-0.25, -0.2) is 4.57 Å². The van der Waals surface area contributed by atoms with Gasteiger partial charge in [-0.1, -0.05) is 53.5 Å². The fourth-order valence-electron chi connectivity index (χ4n) is 8.59. The lowest BCUT2D eigenvalue weighted by molar-refractivity contribution is -0.117. The van der Waals surface area contributed by atoms with Gasteiger partial charge < -0.3 is 34.1 Å². The number of amides is 3. The molecule has 0 radical (unpaired) electrons. The fraction of sp³-hybridized carbons (Fsp3) is 0.283. The normalized spacial score (nSPS) is 16.4.